The number of rotatable bonds is 9. The number of ether oxygens (including phenoxy) is 1. The van der Waals surface area contributed by atoms with E-state index in [9.17, 15) is 10.2 Å². The SMILES string of the molecule is OC[C@@H]1O[C@H](CN(Cc2ccccc2)Cc2ccccc2)C(N2CCN(c3ccccc3)CC2)[C@@H]1O. The molecule has 4 atom stereocenters. The second-order valence-corrected chi connectivity index (χ2v) is 9.88. The summed E-state index contributed by atoms with van der Waals surface area (Å²) in [7, 11) is 0. The number of aliphatic hydroxyl groups is 2. The molecule has 36 heavy (non-hydrogen) atoms. The van der Waals surface area contributed by atoms with Crippen molar-refractivity contribution in [2.45, 2.75) is 37.4 Å². The second kappa shape index (κ2) is 12.0. The van der Waals surface area contributed by atoms with Crippen molar-refractivity contribution in [1.29, 1.82) is 0 Å². The zero-order chi connectivity index (χ0) is 24.7. The summed E-state index contributed by atoms with van der Waals surface area (Å²) in [6.07, 6.45) is -1.45. The van der Waals surface area contributed by atoms with Gasteiger partial charge in [-0.05, 0) is 23.3 Å². The van der Waals surface area contributed by atoms with Gasteiger partial charge in [-0.25, -0.2) is 0 Å². The molecule has 6 nitrogen and oxygen atoms in total. The second-order valence-electron chi connectivity index (χ2n) is 9.88. The molecule has 0 amide bonds. The lowest BCUT2D eigenvalue weighted by Gasteiger charge is -2.42. The van der Waals surface area contributed by atoms with Gasteiger partial charge < -0.3 is 19.8 Å². The van der Waals surface area contributed by atoms with Crippen molar-refractivity contribution >= 4 is 5.69 Å². The average molecular weight is 488 g/mol. The third-order valence-electron chi connectivity index (χ3n) is 7.43. The monoisotopic (exact) mass is 487 g/mol. The predicted molar refractivity (Wildman–Crippen MR) is 143 cm³/mol. The van der Waals surface area contributed by atoms with E-state index in [-0.39, 0.29) is 18.8 Å². The molecule has 0 radical (unpaired) electrons. The fraction of sp³-hybridized carbons (Fsp3) is 0.400. The van der Waals surface area contributed by atoms with Gasteiger partial charge in [0, 0.05) is 51.5 Å². The van der Waals surface area contributed by atoms with E-state index >= 15 is 0 Å². The van der Waals surface area contributed by atoms with Crippen LogP contribution in [0, 0.1) is 0 Å². The summed E-state index contributed by atoms with van der Waals surface area (Å²) in [4.78, 5) is 7.16. The Morgan fingerprint density at radius 1 is 0.722 bits per heavy atom. The van der Waals surface area contributed by atoms with Crippen LogP contribution in [0.25, 0.3) is 0 Å². The number of nitrogens with zero attached hydrogens (tertiary/aromatic N) is 3. The van der Waals surface area contributed by atoms with E-state index in [0.29, 0.717) is 6.54 Å². The number of anilines is 1. The molecular formula is C30H37N3O3. The first-order valence-corrected chi connectivity index (χ1v) is 13.0. The van der Waals surface area contributed by atoms with Crippen LogP contribution in [0.1, 0.15) is 11.1 Å². The molecule has 2 fully saturated rings. The van der Waals surface area contributed by atoms with Gasteiger partial charge in [-0.2, -0.15) is 0 Å². The minimum absolute atomic E-state index is 0.144. The molecule has 5 rings (SSSR count). The lowest BCUT2D eigenvalue weighted by atomic mass is 10.0. The van der Waals surface area contributed by atoms with Gasteiger partial charge in [-0.15, -0.1) is 0 Å². The fourth-order valence-electron chi connectivity index (χ4n) is 5.62. The van der Waals surface area contributed by atoms with Gasteiger partial charge in [0.15, 0.2) is 0 Å². The smallest absolute Gasteiger partial charge is 0.109 e. The molecular weight excluding hydrogens is 450 g/mol. The molecule has 0 spiro atoms. The Morgan fingerprint density at radius 2 is 1.25 bits per heavy atom. The van der Waals surface area contributed by atoms with E-state index < -0.39 is 12.2 Å². The minimum atomic E-state index is -0.710. The fourth-order valence-corrected chi connectivity index (χ4v) is 5.62. The van der Waals surface area contributed by atoms with E-state index in [2.05, 4.69) is 87.5 Å². The summed E-state index contributed by atoms with van der Waals surface area (Å²) >= 11 is 0. The largest absolute Gasteiger partial charge is 0.394 e. The number of hydrogen-bond donors (Lipinski definition) is 2. The molecule has 190 valence electrons. The van der Waals surface area contributed by atoms with Gasteiger partial charge in [-0.1, -0.05) is 78.9 Å². The molecule has 3 aromatic rings. The normalized spacial score (nSPS) is 24.9. The van der Waals surface area contributed by atoms with Crippen molar-refractivity contribution in [1.82, 2.24) is 9.80 Å². The van der Waals surface area contributed by atoms with Crippen molar-refractivity contribution in [2.75, 3.05) is 44.2 Å². The highest BCUT2D eigenvalue weighted by molar-refractivity contribution is 5.46. The summed E-state index contributed by atoms with van der Waals surface area (Å²) in [6, 6.07) is 31.3. The summed E-state index contributed by atoms with van der Waals surface area (Å²) in [5.74, 6) is 0. The van der Waals surface area contributed by atoms with Crippen molar-refractivity contribution in [2.24, 2.45) is 0 Å². The van der Waals surface area contributed by atoms with Crippen LogP contribution in [0.2, 0.25) is 0 Å². The van der Waals surface area contributed by atoms with Crippen molar-refractivity contribution in [3.05, 3.63) is 102 Å². The molecule has 0 saturated carbocycles. The van der Waals surface area contributed by atoms with Gasteiger partial charge >= 0.3 is 0 Å². The molecule has 1 unspecified atom stereocenters. The average Bonchev–Trinajstić information content (AvgIpc) is 3.25. The first kappa shape index (κ1) is 24.9. The quantitative estimate of drug-likeness (QED) is 0.484. The summed E-state index contributed by atoms with van der Waals surface area (Å²) in [5.41, 5.74) is 3.74. The van der Waals surface area contributed by atoms with Gasteiger partial charge in [0.2, 0.25) is 0 Å². The standard InChI is InChI=1S/C30H37N3O3/c34-23-28-30(35)29(33-18-16-32(17-19-33)26-14-8-3-9-15-26)27(36-28)22-31(20-24-10-4-1-5-11-24)21-25-12-6-2-7-13-25/h1-15,27-30,34-35H,16-23H2/t27-,28+,29?,30-/m1/s1. The van der Waals surface area contributed by atoms with Crippen LogP contribution in [0.15, 0.2) is 91.0 Å². The molecule has 0 aromatic heterocycles. The highest BCUT2D eigenvalue weighted by Crippen LogP contribution is 2.29. The number of hydrogen-bond acceptors (Lipinski definition) is 6. The maximum atomic E-state index is 11.2. The van der Waals surface area contributed by atoms with Crippen molar-refractivity contribution in [3.63, 3.8) is 0 Å². The maximum Gasteiger partial charge on any atom is 0.109 e. The molecule has 2 N–H and O–H groups in total. The highest BCUT2D eigenvalue weighted by Gasteiger charge is 2.47. The molecule has 0 aliphatic carbocycles. The van der Waals surface area contributed by atoms with Crippen molar-refractivity contribution < 1.29 is 14.9 Å². The predicted octanol–water partition coefficient (Wildman–Crippen LogP) is 3.00. The first-order valence-electron chi connectivity index (χ1n) is 13.0. The van der Waals surface area contributed by atoms with E-state index in [1.807, 2.05) is 18.2 Å². The molecule has 2 heterocycles. The summed E-state index contributed by atoms with van der Waals surface area (Å²) < 4.78 is 6.31. The zero-order valence-corrected chi connectivity index (χ0v) is 20.8. The van der Waals surface area contributed by atoms with Gasteiger partial charge in [-0.3, -0.25) is 9.80 Å². The van der Waals surface area contributed by atoms with Crippen LogP contribution in [0.3, 0.4) is 0 Å². The number of aliphatic hydroxyl groups excluding tert-OH is 2. The Hall–Kier alpha value is -2.74. The van der Waals surface area contributed by atoms with Gasteiger partial charge in [0.1, 0.15) is 12.2 Å². The van der Waals surface area contributed by atoms with E-state index in [1.165, 1.54) is 16.8 Å². The molecule has 0 bridgehead atoms. The molecule has 2 aliphatic rings. The minimum Gasteiger partial charge on any atom is -0.394 e. The molecule has 2 aliphatic heterocycles. The Morgan fingerprint density at radius 3 is 1.78 bits per heavy atom. The van der Waals surface area contributed by atoms with Crippen LogP contribution in [-0.4, -0.2) is 83.7 Å². The highest BCUT2D eigenvalue weighted by atomic mass is 16.5. The van der Waals surface area contributed by atoms with Crippen LogP contribution < -0.4 is 4.90 Å². The van der Waals surface area contributed by atoms with E-state index in [4.69, 9.17) is 4.74 Å². The van der Waals surface area contributed by atoms with Crippen LogP contribution in [0.4, 0.5) is 5.69 Å². The Balaban J connectivity index is 1.31. The lowest BCUT2D eigenvalue weighted by molar-refractivity contribution is -0.0325. The third-order valence-corrected chi connectivity index (χ3v) is 7.43. The summed E-state index contributed by atoms with van der Waals surface area (Å²) in [5, 5.41) is 21.1. The number of benzene rings is 3. The Kier molecular flexibility index (Phi) is 8.31. The number of piperazine rings is 1. The van der Waals surface area contributed by atoms with Crippen LogP contribution in [-0.2, 0) is 17.8 Å². The Bertz CT molecular complexity index is 1000. The Labute approximate surface area is 214 Å². The van der Waals surface area contributed by atoms with Crippen LogP contribution in [0.5, 0.6) is 0 Å². The zero-order valence-electron chi connectivity index (χ0n) is 20.8. The van der Waals surface area contributed by atoms with E-state index in [1.54, 1.807) is 0 Å². The maximum absolute atomic E-state index is 11.2. The first-order chi connectivity index (χ1) is 17.7. The topological polar surface area (TPSA) is 59.4 Å². The lowest BCUT2D eigenvalue weighted by Crippen LogP contribution is -2.57. The van der Waals surface area contributed by atoms with E-state index in [0.717, 1.165) is 39.3 Å². The van der Waals surface area contributed by atoms with Crippen molar-refractivity contribution in [3.8, 4) is 0 Å². The molecule has 6 heteroatoms. The molecule has 2 saturated heterocycles. The third kappa shape index (κ3) is 5.97. The summed E-state index contributed by atoms with van der Waals surface area (Å²) in [6.45, 7) is 5.62. The van der Waals surface area contributed by atoms with Gasteiger partial charge in [0.05, 0.1) is 18.8 Å². The number of para-hydroxylation sites is 1. The molecule has 3 aromatic carbocycles. The van der Waals surface area contributed by atoms with Crippen LogP contribution >= 0.6 is 0 Å². The van der Waals surface area contributed by atoms with Gasteiger partial charge in [0.25, 0.3) is 0 Å².